The van der Waals surface area contributed by atoms with Gasteiger partial charge in [-0.15, -0.1) is 0 Å². The monoisotopic (exact) mass is 390 g/mol. The summed E-state index contributed by atoms with van der Waals surface area (Å²) in [6, 6.07) is 8.25. The van der Waals surface area contributed by atoms with Gasteiger partial charge in [0.15, 0.2) is 0 Å². The van der Waals surface area contributed by atoms with Crippen molar-refractivity contribution < 1.29 is 18.0 Å². The van der Waals surface area contributed by atoms with Crippen molar-refractivity contribution in [3.63, 3.8) is 0 Å². The van der Waals surface area contributed by atoms with Crippen molar-refractivity contribution in [2.24, 2.45) is 5.92 Å². The van der Waals surface area contributed by atoms with E-state index in [4.69, 9.17) is 5.26 Å². The molecule has 1 aromatic rings. The summed E-state index contributed by atoms with van der Waals surface area (Å²) in [6.07, 6.45) is 2.73. The molecule has 1 heterocycles. The molecule has 1 aliphatic carbocycles. The van der Waals surface area contributed by atoms with Crippen LogP contribution in [-0.2, 0) is 19.6 Å². The van der Waals surface area contributed by atoms with E-state index in [-0.39, 0.29) is 53.9 Å². The van der Waals surface area contributed by atoms with Gasteiger partial charge in [-0.25, -0.2) is 8.42 Å². The fourth-order valence-electron chi connectivity index (χ4n) is 3.10. The van der Waals surface area contributed by atoms with Crippen molar-refractivity contribution >= 4 is 21.8 Å². The molecule has 2 fully saturated rings. The van der Waals surface area contributed by atoms with Crippen LogP contribution in [0.2, 0.25) is 0 Å². The second kappa shape index (κ2) is 8.06. The van der Waals surface area contributed by atoms with E-state index >= 15 is 0 Å². The predicted molar refractivity (Wildman–Crippen MR) is 96.8 cm³/mol. The molecule has 1 aliphatic heterocycles. The van der Waals surface area contributed by atoms with E-state index in [9.17, 15) is 18.0 Å². The summed E-state index contributed by atoms with van der Waals surface area (Å²) in [7, 11) is -3.77. The van der Waals surface area contributed by atoms with Crippen molar-refractivity contribution in [3.8, 4) is 6.07 Å². The molecule has 1 saturated heterocycles. The van der Waals surface area contributed by atoms with Crippen LogP contribution < -0.4 is 10.6 Å². The molecule has 0 spiro atoms. The van der Waals surface area contributed by atoms with E-state index < -0.39 is 10.0 Å². The topological polar surface area (TPSA) is 119 Å². The third-order valence-corrected chi connectivity index (χ3v) is 6.77. The standard InChI is InChI=1S/C18H22N4O4S/c19-11-14-3-1-2-4-16(14)27(25,26)22-9-7-13(8-10-22)18(24)20-12-17(23)21-15-5-6-15/h1-4,13,15H,5-10,12H2,(H,20,24)(H,21,23). The van der Waals surface area contributed by atoms with Gasteiger partial charge in [-0.05, 0) is 37.8 Å². The van der Waals surface area contributed by atoms with E-state index in [1.807, 2.05) is 6.07 Å². The number of nitriles is 1. The van der Waals surface area contributed by atoms with Crippen LogP contribution in [0.1, 0.15) is 31.2 Å². The zero-order chi connectivity index (χ0) is 19.4. The molecule has 0 atom stereocenters. The van der Waals surface area contributed by atoms with E-state index in [1.165, 1.54) is 16.4 Å². The first kappa shape index (κ1) is 19.3. The molecule has 1 saturated carbocycles. The Kier molecular flexibility index (Phi) is 5.77. The molecule has 27 heavy (non-hydrogen) atoms. The molecule has 0 bridgehead atoms. The number of carbonyl (C=O) groups is 2. The maximum absolute atomic E-state index is 12.8. The number of nitrogens with zero attached hydrogens (tertiary/aromatic N) is 2. The van der Waals surface area contributed by atoms with Crippen molar-refractivity contribution in [1.82, 2.24) is 14.9 Å². The van der Waals surface area contributed by atoms with E-state index in [0.29, 0.717) is 12.8 Å². The Balaban J connectivity index is 1.54. The summed E-state index contributed by atoms with van der Waals surface area (Å²) >= 11 is 0. The van der Waals surface area contributed by atoms with E-state index in [1.54, 1.807) is 12.1 Å². The van der Waals surface area contributed by atoms with Gasteiger partial charge in [0, 0.05) is 25.0 Å². The number of piperidine rings is 1. The van der Waals surface area contributed by atoms with Gasteiger partial charge in [0.1, 0.15) is 6.07 Å². The van der Waals surface area contributed by atoms with Crippen LogP contribution in [0, 0.1) is 17.2 Å². The average Bonchev–Trinajstić information content (AvgIpc) is 3.50. The summed E-state index contributed by atoms with van der Waals surface area (Å²) in [6.45, 7) is 0.353. The SMILES string of the molecule is N#Cc1ccccc1S(=O)(=O)N1CCC(C(=O)NCC(=O)NC2CC2)CC1. The number of rotatable bonds is 6. The Bertz CT molecular complexity index is 866. The van der Waals surface area contributed by atoms with Gasteiger partial charge in [-0.3, -0.25) is 9.59 Å². The largest absolute Gasteiger partial charge is 0.352 e. The minimum atomic E-state index is -3.77. The maximum atomic E-state index is 12.8. The maximum Gasteiger partial charge on any atom is 0.244 e. The molecule has 0 radical (unpaired) electrons. The number of nitrogens with one attached hydrogen (secondary N) is 2. The summed E-state index contributed by atoms with van der Waals surface area (Å²) in [5.74, 6) is -0.745. The van der Waals surface area contributed by atoms with Crippen molar-refractivity contribution in [2.45, 2.75) is 36.6 Å². The molecule has 9 heteroatoms. The average molecular weight is 390 g/mol. The quantitative estimate of drug-likeness (QED) is 0.727. The lowest BCUT2D eigenvalue weighted by Gasteiger charge is -2.30. The van der Waals surface area contributed by atoms with E-state index in [0.717, 1.165) is 12.8 Å². The third kappa shape index (κ3) is 4.64. The van der Waals surface area contributed by atoms with Gasteiger partial charge < -0.3 is 10.6 Å². The van der Waals surface area contributed by atoms with Crippen LogP contribution in [0.3, 0.4) is 0 Å². The van der Waals surface area contributed by atoms with Gasteiger partial charge >= 0.3 is 0 Å². The highest BCUT2D eigenvalue weighted by Crippen LogP contribution is 2.25. The first-order valence-corrected chi connectivity index (χ1v) is 10.4. The number of benzene rings is 1. The molecule has 8 nitrogen and oxygen atoms in total. The number of amides is 2. The number of sulfonamides is 1. The van der Waals surface area contributed by atoms with Crippen molar-refractivity contribution in [3.05, 3.63) is 29.8 Å². The number of hydrogen-bond donors (Lipinski definition) is 2. The highest BCUT2D eigenvalue weighted by atomic mass is 32.2. The molecule has 2 aliphatic rings. The van der Waals surface area contributed by atoms with Crippen LogP contribution in [0.25, 0.3) is 0 Å². The van der Waals surface area contributed by atoms with Crippen LogP contribution in [0.4, 0.5) is 0 Å². The fourth-order valence-corrected chi connectivity index (χ4v) is 4.71. The van der Waals surface area contributed by atoms with Gasteiger partial charge in [0.25, 0.3) is 0 Å². The fraction of sp³-hybridized carbons (Fsp3) is 0.500. The van der Waals surface area contributed by atoms with Crippen LogP contribution in [0.5, 0.6) is 0 Å². The zero-order valence-corrected chi connectivity index (χ0v) is 15.7. The Hall–Kier alpha value is -2.44. The molecule has 3 rings (SSSR count). The lowest BCUT2D eigenvalue weighted by molar-refractivity contribution is -0.129. The van der Waals surface area contributed by atoms with Crippen LogP contribution >= 0.6 is 0 Å². The summed E-state index contributed by atoms with van der Waals surface area (Å²) in [4.78, 5) is 23.9. The molecule has 2 N–H and O–H groups in total. The summed E-state index contributed by atoms with van der Waals surface area (Å²) in [5.41, 5.74) is 0.110. The first-order chi connectivity index (χ1) is 12.9. The summed E-state index contributed by atoms with van der Waals surface area (Å²) < 4.78 is 26.9. The smallest absolute Gasteiger partial charge is 0.244 e. The van der Waals surface area contributed by atoms with Gasteiger partial charge in [0.05, 0.1) is 17.0 Å². The normalized spacial score (nSPS) is 18.5. The Morgan fingerprint density at radius 1 is 1.15 bits per heavy atom. The van der Waals surface area contributed by atoms with Gasteiger partial charge in [-0.2, -0.15) is 9.57 Å². The number of carbonyl (C=O) groups excluding carboxylic acids is 2. The zero-order valence-electron chi connectivity index (χ0n) is 14.8. The highest BCUT2D eigenvalue weighted by Gasteiger charge is 2.33. The molecule has 2 amide bonds. The Morgan fingerprint density at radius 3 is 2.44 bits per heavy atom. The third-order valence-electron chi connectivity index (χ3n) is 4.82. The minimum Gasteiger partial charge on any atom is -0.352 e. The second-order valence-electron chi connectivity index (χ2n) is 6.85. The van der Waals surface area contributed by atoms with Crippen LogP contribution in [-0.4, -0.2) is 50.2 Å². The Morgan fingerprint density at radius 2 is 1.81 bits per heavy atom. The second-order valence-corrected chi connectivity index (χ2v) is 8.75. The first-order valence-electron chi connectivity index (χ1n) is 8.98. The lowest BCUT2D eigenvalue weighted by Crippen LogP contribution is -2.45. The van der Waals surface area contributed by atoms with Gasteiger partial charge in [-0.1, -0.05) is 12.1 Å². The Labute approximate surface area is 158 Å². The van der Waals surface area contributed by atoms with Crippen molar-refractivity contribution in [2.75, 3.05) is 19.6 Å². The molecule has 1 aromatic carbocycles. The highest BCUT2D eigenvalue weighted by molar-refractivity contribution is 7.89. The molecule has 0 aromatic heterocycles. The van der Waals surface area contributed by atoms with Crippen LogP contribution in [0.15, 0.2) is 29.2 Å². The summed E-state index contributed by atoms with van der Waals surface area (Å²) in [5, 5.41) is 14.6. The predicted octanol–water partition coefficient (Wildman–Crippen LogP) is 0.354. The molecular weight excluding hydrogens is 368 g/mol. The van der Waals surface area contributed by atoms with Crippen molar-refractivity contribution in [1.29, 1.82) is 5.26 Å². The van der Waals surface area contributed by atoms with Gasteiger partial charge in [0.2, 0.25) is 21.8 Å². The molecule has 144 valence electrons. The molecule has 0 unspecified atom stereocenters. The number of hydrogen-bond acceptors (Lipinski definition) is 5. The molecular formula is C18H22N4O4S. The lowest BCUT2D eigenvalue weighted by atomic mass is 9.97. The minimum absolute atomic E-state index is 0.00727. The van der Waals surface area contributed by atoms with E-state index in [2.05, 4.69) is 10.6 Å².